The van der Waals surface area contributed by atoms with E-state index in [0.29, 0.717) is 12.4 Å². The van der Waals surface area contributed by atoms with Crippen molar-refractivity contribution in [1.29, 1.82) is 5.26 Å². The van der Waals surface area contributed by atoms with Gasteiger partial charge in [-0.25, -0.2) is 0 Å². The molecule has 1 aromatic rings. The van der Waals surface area contributed by atoms with Crippen LogP contribution in [0.3, 0.4) is 0 Å². The number of nitriles is 1. The van der Waals surface area contributed by atoms with E-state index in [9.17, 15) is 0 Å². The minimum Gasteiger partial charge on any atom is -0.493 e. The van der Waals surface area contributed by atoms with Gasteiger partial charge in [0, 0.05) is 5.56 Å². The fourth-order valence-corrected chi connectivity index (χ4v) is 1.56. The molecule has 0 N–H and O–H groups in total. The van der Waals surface area contributed by atoms with E-state index in [2.05, 4.69) is 32.9 Å². The van der Waals surface area contributed by atoms with Crippen LogP contribution in [0.1, 0.15) is 38.8 Å². The van der Waals surface area contributed by atoms with E-state index < -0.39 is 0 Å². The molecule has 0 heterocycles. The Labute approximate surface area is 104 Å². The highest BCUT2D eigenvalue weighted by molar-refractivity contribution is 5.62. The Morgan fingerprint density at radius 2 is 1.88 bits per heavy atom. The van der Waals surface area contributed by atoms with Gasteiger partial charge in [0.2, 0.25) is 0 Å². The molecule has 0 fully saturated rings. The molecule has 0 aliphatic rings. The van der Waals surface area contributed by atoms with Crippen LogP contribution in [0, 0.1) is 11.3 Å². The van der Waals surface area contributed by atoms with Gasteiger partial charge in [0.15, 0.2) is 0 Å². The minimum atomic E-state index is 0.142. The maximum Gasteiger partial charge on any atom is 0.136 e. The highest BCUT2D eigenvalue weighted by Gasteiger charge is 2.13. The molecule has 90 valence electrons. The van der Waals surface area contributed by atoms with Crippen LogP contribution in [0.2, 0.25) is 0 Å². The van der Waals surface area contributed by atoms with Gasteiger partial charge in [0.05, 0.1) is 18.8 Å². The van der Waals surface area contributed by atoms with Crippen molar-refractivity contribution in [3.8, 4) is 6.07 Å². The molecule has 0 spiro atoms. The molecule has 0 aliphatic carbocycles. The van der Waals surface area contributed by atoms with E-state index in [4.69, 9.17) is 10.00 Å². The average molecular weight is 229 g/mol. The Hall–Kier alpha value is -1.75. The van der Waals surface area contributed by atoms with Gasteiger partial charge in [0.25, 0.3) is 0 Å². The number of allylic oxidation sites excluding steroid dienone is 1. The van der Waals surface area contributed by atoms with Crippen LogP contribution in [0.15, 0.2) is 30.3 Å². The fourth-order valence-electron chi connectivity index (χ4n) is 1.56. The van der Waals surface area contributed by atoms with Gasteiger partial charge in [-0.2, -0.15) is 5.26 Å². The Bertz CT molecular complexity index is 429. The summed E-state index contributed by atoms with van der Waals surface area (Å²) in [6.45, 7) is 9.01. The summed E-state index contributed by atoms with van der Waals surface area (Å²) in [5, 5.41) is 8.70. The third-order valence-electron chi connectivity index (χ3n) is 2.53. The zero-order valence-corrected chi connectivity index (χ0v) is 10.9. The minimum absolute atomic E-state index is 0.142. The average Bonchev–Trinajstić information content (AvgIpc) is 2.28. The highest BCUT2D eigenvalue weighted by Crippen LogP contribution is 2.24. The molecular formula is C15H19NO. The van der Waals surface area contributed by atoms with Crippen LogP contribution in [0.25, 0.3) is 5.76 Å². The van der Waals surface area contributed by atoms with E-state index >= 15 is 0 Å². The SMILES string of the molecule is CCO/C(=C/C#N)c1ccc(C(C)(C)C)cc1. The van der Waals surface area contributed by atoms with Gasteiger partial charge in [-0.3, -0.25) is 0 Å². The first-order valence-corrected chi connectivity index (χ1v) is 5.82. The molecule has 1 aromatic carbocycles. The fraction of sp³-hybridized carbons (Fsp3) is 0.400. The lowest BCUT2D eigenvalue weighted by atomic mass is 9.86. The molecule has 17 heavy (non-hydrogen) atoms. The van der Waals surface area contributed by atoms with Crippen LogP contribution < -0.4 is 0 Å². The van der Waals surface area contributed by atoms with Crippen molar-refractivity contribution < 1.29 is 4.74 Å². The monoisotopic (exact) mass is 229 g/mol. The van der Waals surface area contributed by atoms with Gasteiger partial charge < -0.3 is 4.74 Å². The summed E-state index contributed by atoms with van der Waals surface area (Å²) >= 11 is 0. The molecule has 0 radical (unpaired) electrons. The molecule has 0 amide bonds. The zero-order chi connectivity index (χ0) is 12.9. The van der Waals surface area contributed by atoms with Crippen molar-refractivity contribution in [2.75, 3.05) is 6.61 Å². The van der Waals surface area contributed by atoms with Crippen molar-refractivity contribution in [3.63, 3.8) is 0 Å². The summed E-state index contributed by atoms with van der Waals surface area (Å²) in [5.41, 5.74) is 2.36. The number of ether oxygens (including phenoxy) is 1. The van der Waals surface area contributed by atoms with E-state index in [1.165, 1.54) is 11.6 Å². The second kappa shape index (κ2) is 5.54. The normalized spacial score (nSPS) is 12.1. The first-order valence-electron chi connectivity index (χ1n) is 5.82. The summed E-state index contributed by atoms with van der Waals surface area (Å²) in [4.78, 5) is 0. The topological polar surface area (TPSA) is 33.0 Å². The zero-order valence-electron chi connectivity index (χ0n) is 10.9. The molecule has 0 unspecified atom stereocenters. The number of rotatable bonds is 3. The van der Waals surface area contributed by atoms with Gasteiger partial charge in [-0.1, -0.05) is 45.0 Å². The Kier molecular flexibility index (Phi) is 4.34. The summed E-state index contributed by atoms with van der Waals surface area (Å²) in [6.07, 6.45) is 1.44. The summed E-state index contributed by atoms with van der Waals surface area (Å²) in [5.74, 6) is 0.635. The predicted octanol–water partition coefficient (Wildman–Crippen LogP) is 3.89. The first-order chi connectivity index (χ1) is 7.99. The van der Waals surface area contributed by atoms with Crippen LogP contribution in [-0.2, 0) is 10.2 Å². The van der Waals surface area contributed by atoms with E-state index in [-0.39, 0.29) is 5.41 Å². The smallest absolute Gasteiger partial charge is 0.136 e. The van der Waals surface area contributed by atoms with Gasteiger partial charge >= 0.3 is 0 Å². The van der Waals surface area contributed by atoms with E-state index in [0.717, 1.165) is 5.56 Å². The molecule has 0 saturated heterocycles. The molecule has 0 atom stereocenters. The van der Waals surface area contributed by atoms with Gasteiger partial charge in [-0.05, 0) is 17.9 Å². The first kappa shape index (κ1) is 13.3. The quantitative estimate of drug-likeness (QED) is 0.582. The van der Waals surface area contributed by atoms with Crippen LogP contribution in [0.5, 0.6) is 0 Å². The lowest BCUT2D eigenvalue weighted by molar-refractivity contribution is 0.298. The predicted molar refractivity (Wildman–Crippen MR) is 70.4 cm³/mol. The number of hydrogen-bond donors (Lipinski definition) is 0. The number of nitrogens with zero attached hydrogens (tertiary/aromatic N) is 1. The van der Waals surface area contributed by atoms with Gasteiger partial charge in [0.1, 0.15) is 5.76 Å². The lowest BCUT2D eigenvalue weighted by Crippen LogP contribution is -2.10. The van der Waals surface area contributed by atoms with Crippen molar-refractivity contribution >= 4 is 5.76 Å². The molecule has 0 aromatic heterocycles. The molecule has 1 rings (SSSR count). The second-order valence-electron chi connectivity index (χ2n) is 4.90. The van der Waals surface area contributed by atoms with Crippen LogP contribution in [-0.4, -0.2) is 6.61 Å². The summed E-state index contributed by atoms with van der Waals surface area (Å²) in [7, 11) is 0. The largest absolute Gasteiger partial charge is 0.493 e. The Morgan fingerprint density at radius 1 is 1.29 bits per heavy atom. The molecule has 2 nitrogen and oxygen atoms in total. The molecule has 0 bridgehead atoms. The van der Waals surface area contributed by atoms with E-state index in [1.807, 2.05) is 25.1 Å². The molecule has 2 heteroatoms. The maximum absolute atomic E-state index is 8.70. The second-order valence-corrected chi connectivity index (χ2v) is 4.90. The van der Waals surface area contributed by atoms with Gasteiger partial charge in [-0.15, -0.1) is 0 Å². The molecule has 0 saturated carbocycles. The van der Waals surface area contributed by atoms with Crippen molar-refractivity contribution in [2.45, 2.75) is 33.1 Å². The van der Waals surface area contributed by atoms with Crippen molar-refractivity contribution in [1.82, 2.24) is 0 Å². The third kappa shape index (κ3) is 3.64. The van der Waals surface area contributed by atoms with Crippen molar-refractivity contribution in [2.24, 2.45) is 0 Å². The Balaban J connectivity index is 3.01. The molecular weight excluding hydrogens is 210 g/mol. The number of benzene rings is 1. The number of hydrogen-bond acceptors (Lipinski definition) is 2. The van der Waals surface area contributed by atoms with Crippen LogP contribution >= 0.6 is 0 Å². The lowest BCUT2D eigenvalue weighted by Gasteiger charge is -2.19. The third-order valence-corrected chi connectivity index (χ3v) is 2.53. The highest BCUT2D eigenvalue weighted by atomic mass is 16.5. The van der Waals surface area contributed by atoms with Crippen molar-refractivity contribution in [3.05, 3.63) is 41.5 Å². The Morgan fingerprint density at radius 3 is 2.29 bits per heavy atom. The van der Waals surface area contributed by atoms with E-state index in [1.54, 1.807) is 0 Å². The summed E-state index contributed by atoms with van der Waals surface area (Å²) in [6, 6.07) is 10.2. The standard InChI is InChI=1S/C15H19NO/c1-5-17-14(10-11-16)12-6-8-13(9-7-12)15(2,3)4/h6-10H,5H2,1-4H3/b14-10+. The van der Waals surface area contributed by atoms with Crippen LogP contribution in [0.4, 0.5) is 0 Å². The summed E-state index contributed by atoms with van der Waals surface area (Å²) < 4.78 is 5.43. The molecule has 0 aliphatic heterocycles. The maximum atomic E-state index is 8.70.